The number of guanidine groups is 1. The predicted molar refractivity (Wildman–Crippen MR) is 119 cm³/mol. The van der Waals surface area contributed by atoms with E-state index in [0.29, 0.717) is 24.6 Å². The van der Waals surface area contributed by atoms with Crippen LogP contribution in [0.25, 0.3) is 0 Å². The maximum Gasteiger partial charge on any atom is 0.191 e. The Kier molecular flexibility index (Phi) is 8.77. The summed E-state index contributed by atoms with van der Waals surface area (Å²) in [4.78, 5) is 11.4. The van der Waals surface area contributed by atoms with Crippen molar-refractivity contribution in [2.45, 2.75) is 32.9 Å². The molecule has 2 N–H and O–H groups in total. The van der Waals surface area contributed by atoms with Gasteiger partial charge in [-0.1, -0.05) is 18.2 Å². The van der Waals surface area contributed by atoms with Crippen molar-refractivity contribution in [3.8, 4) is 0 Å². The SMILES string of the molecule is CCNC(=NCc1ccnc(N2CCCC2)c1)NCc1ccccc1F.I. The second kappa shape index (κ2) is 11.1. The molecule has 27 heavy (non-hydrogen) atoms. The molecule has 1 aliphatic rings. The van der Waals surface area contributed by atoms with Crippen molar-refractivity contribution < 1.29 is 4.39 Å². The largest absolute Gasteiger partial charge is 0.357 e. The van der Waals surface area contributed by atoms with Crippen LogP contribution in [0.15, 0.2) is 47.6 Å². The Morgan fingerprint density at radius 1 is 1.19 bits per heavy atom. The molecule has 5 nitrogen and oxygen atoms in total. The summed E-state index contributed by atoms with van der Waals surface area (Å²) >= 11 is 0. The Hall–Kier alpha value is -1.90. The number of nitrogens with zero attached hydrogens (tertiary/aromatic N) is 3. The second-order valence-corrected chi connectivity index (χ2v) is 6.36. The normalized spacial score (nSPS) is 14.0. The minimum atomic E-state index is -0.208. The van der Waals surface area contributed by atoms with E-state index in [1.807, 2.05) is 25.3 Å². The van der Waals surface area contributed by atoms with Gasteiger partial charge in [0.1, 0.15) is 11.6 Å². The Labute approximate surface area is 177 Å². The van der Waals surface area contributed by atoms with E-state index in [0.717, 1.165) is 31.0 Å². The van der Waals surface area contributed by atoms with Gasteiger partial charge in [0.05, 0.1) is 6.54 Å². The molecule has 0 aliphatic carbocycles. The van der Waals surface area contributed by atoms with Crippen molar-refractivity contribution >= 4 is 35.8 Å². The lowest BCUT2D eigenvalue weighted by Crippen LogP contribution is -2.37. The summed E-state index contributed by atoms with van der Waals surface area (Å²) in [6.07, 6.45) is 4.31. The van der Waals surface area contributed by atoms with Crippen LogP contribution in [0, 0.1) is 5.82 Å². The van der Waals surface area contributed by atoms with Gasteiger partial charge in [0.25, 0.3) is 0 Å². The van der Waals surface area contributed by atoms with Crippen molar-refractivity contribution in [2.24, 2.45) is 4.99 Å². The van der Waals surface area contributed by atoms with Gasteiger partial charge in [0.2, 0.25) is 0 Å². The molecule has 3 rings (SSSR count). The molecule has 0 radical (unpaired) electrons. The Morgan fingerprint density at radius 3 is 2.70 bits per heavy atom. The van der Waals surface area contributed by atoms with Crippen LogP contribution < -0.4 is 15.5 Å². The van der Waals surface area contributed by atoms with E-state index in [4.69, 9.17) is 0 Å². The van der Waals surface area contributed by atoms with Gasteiger partial charge in [0, 0.05) is 37.9 Å². The number of benzene rings is 1. The number of hydrogen-bond acceptors (Lipinski definition) is 3. The van der Waals surface area contributed by atoms with Gasteiger partial charge in [-0.15, -0.1) is 24.0 Å². The zero-order valence-electron chi connectivity index (χ0n) is 15.6. The molecule has 1 saturated heterocycles. The average molecular weight is 483 g/mol. The maximum absolute atomic E-state index is 13.8. The lowest BCUT2D eigenvalue weighted by Gasteiger charge is -2.16. The zero-order valence-corrected chi connectivity index (χ0v) is 17.9. The number of aliphatic imine (C=N–C) groups is 1. The highest BCUT2D eigenvalue weighted by Gasteiger charge is 2.13. The summed E-state index contributed by atoms with van der Waals surface area (Å²) in [5, 5.41) is 6.39. The van der Waals surface area contributed by atoms with Crippen molar-refractivity contribution in [3.63, 3.8) is 0 Å². The third kappa shape index (κ3) is 6.34. The molecule has 2 aromatic rings. The maximum atomic E-state index is 13.8. The van der Waals surface area contributed by atoms with Gasteiger partial charge in [-0.2, -0.15) is 0 Å². The molecule has 1 aromatic carbocycles. The number of rotatable bonds is 6. The molecular formula is C20H27FIN5. The van der Waals surface area contributed by atoms with Crippen LogP contribution in [0.5, 0.6) is 0 Å². The molecule has 0 amide bonds. The first-order chi connectivity index (χ1) is 12.8. The second-order valence-electron chi connectivity index (χ2n) is 6.36. The number of aromatic nitrogens is 1. The molecule has 0 spiro atoms. The highest BCUT2D eigenvalue weighted by atomic mass is 127. The van der Waals surface area contributed by atoms with Crippen molar-refractivity contribution in [3.05, 3.63) is 59.5 Å². The number of pyridine rings is 1. The summed E-state index contributed by atoms with van der Waals surface area (Å²) in [6.45, 7) is 5.86. The topological polar surface area (TPSA) is 52.6 Å². The Bertz CT molecular complexity index is 747. The fraction of sp³-hybridized carbons (Fsp3) is 0.400. The zero-order chi connectivity index (χ0) is 18.2. The molecule has 0 saturated carbocycles. The van der Waals surface area contributed by atoms with E-state index in [-0.39, 0.29) is 29.8 Å². The van der Waals surface area contributed by atoms with Gasteiger partial charge in [-0.05, 0) is 43.5 Å². The number of nitrogens with one attached hydrogen (secondary N) is 2. The molecular weight excluding hydrogens is 456 g/mol. The van der Waals surface area contributed by atoms with E-state index < -0.39 is 0 Å². The lowest BCUT2D eigenvalue weighted by molar-refractivity contribution is 0.604. The Balaban J connectivity index is 0.00000261. The molecule has 1 aromatic heterocycles. The first-order valence-electron chi connectivity index (χ1n) is 9.21. The lowest BCUT2D eigenvalue weighted by atomic mass is 10.2. The summed E-state index contributed by atoms with van der Waals surface area (Å²) < 4.78 is 13.8. The van der Waals surface area contributed by atoms with Crippen molar-refractivity contribution in [1.29, 1.82) is 0 Å². The number of halogens is 2. The standard InChI is InChI=1S/C20H26FN5.HI/c1-2-22-20(25-15-17-7-3-4-8-18(17)21)24-14-16-9-10-23-19(13-16)26-11-5-6-12-26;/h3-4,7-10,13H,2,5-6,11-12,14-15H2,1H3,(H2,22,24,25);1H. The molecule has 7 heteroatoms. The Morgan fingerprint density at radius 2 is 1.96 bits per heavy atom. The highest BCUT2D eigenvalue weighted by Crippen LogP contribution is 2.18. The van der Waals surface area contributed by atoms with Gasteiger partial charge >= 0.3 is 0 Å². The van der Waals surface area contributed by atoms with Gasteiger partial charge in [-0.25, -0.2) is 14.4 Å². The fourth-order valence-corrected chi connectivity index (χ4v) is 3.01. The molecule has 0 bridgehead atoms. The molecule has 0 atom stereocenters. The monoisotopic (exact) mass is 483 g/mol. The van der Waals surface area contributed by atoms with Crippen LogP contribution in [0.3, 0.4) is 0 Å². The van der Waals surface area contributed by atoms with Crippen LogP contribution in [0.2, 0.25) is 0 Å². The molecule has 2 heterocycles. The van der Waals surface area contributed by atoms with E-state index in [9.17, 15) is 4.39 Å². The fourth-order valence-electron chi connectivity index (χ4n) is 3.01. The summed E-state index contributed by atoms with van der Waals surface area (Å²) in [7, 11) is 0. The third-order valence-electron chi connectivity index (χ3n) is 4.41. The quantitative estimate of drug-likeness (QED) is 0.374. The summed E-state index contributed by atoms with van der Waals surface area (Å²) in [5.74, 6) is 1.50. The number of anilines is 1. The van der Waals surface area contributed by atoms with Crippen LogP contribution in [-0.2, 0) is 13.1 Å². The van der Waals surface area contributed by atoms with Gasteiger partial charge < -0.3 is 15.5 Å². The molecule has 146 valence electrons. The highest BCUT2D eigenvalue weighted by molar-refractivity contribution is 14.0. The minimum Gasteiger partial charge on any atom is -0.357 e. The molecule has 1 fully saturated rings. The molecule has 0 unspecified atom stereocenters. The van der Waals surface area contributed by atoms with E-state index >= 15 is 0 Å². The number of hydrogen-bond donors (Lipinski definition) is 2. The first kappa shape index (κ1) is 21.4. The van der Waals surface area contributed by atoms with Crippen LogP contribution in [0.1, 0.15) is 30.9 Å². The smallest absolute Gasteiger partial charge is 0.191 e. The van der Waals surface area contributed by atoms with Gasteiger partial charge in [0.15, 0.2) is 5.96 Å². The van der Waals surface area contributed by atoms with Crippen molar-refractivity contribution in [1.82, 2.24) is 15.6 Å². The van der Waals surface area contributed by atoms with Crippen LogP contribution >= 0.6 is 24.0 Å². The third-order valence-corrected chi connectivity index (χ3v) is 4.41. The van der Waals surface area contributed by atoms with Crippen molar-refractivity contribution in [2.75, 3.05) is 24.5 Å². The summed E-state index contributed by atoms with van der Waals surface area (Å²) in [5.41, 5.74) is 1.74. The first-order valence-corrected chi connectivity index (χ1v) is 9.21. The summed E-state index contributed by atoms with van der Waals surface area (Å²) in [6, 6.07) is 10.9. The average Bonchev–Trinajstić information content (AvgIpc) is 3.20. The van der Waals surface area contributed by atoms with E-state index in [1.165, 1.54) is 18.9 Å². The van der Waals surface area contributed by atoms with E-state index in [1.54, 1.807) is 12.1 Å². The minimum absolute atomic E-state index is 0. The van der Waals surface area contributed by atoms with Crippen LogP contribution in [0.4, 0.5) is 10.2 Å². The predicted octanol–water partition coefficient (Wildman–Crippen LogP) is 3.69. The molecule has 1 aliphatic heterocycles. The van der Waals surface area contributed by atoms with Crippen LogP contribution in [-0.4, -0.2) is 30.6 Å². The van der Waals surface area contributed by atoms with Gasteiger partial charge in [-0.3, -0.25) is 0 Å². The van der Waals surface area contributed by atoms with E-state index in [2.05, 4.69) is 31.6 Å².